The Morgan fingerprint density at radius 1 is 0.848 bits per heavy atom. The van der Waals surface area contributed by atoms with Gasteiger partial charge in [-0.3, -0.25) is 14.5 Å². The Morgan fingerprint density at radius 3 is 1.85 bits per heavy atom. The zero-order valence-electron chi connectivity index (χ0n) is 20.5. The minimum atomic E-state index is -0.285. The monoisotopic (exact) mass is 448 g/mol. The van der Waals surface area contributed by atoms with Gasteiger partial charge < -0.3 is 5.11 Å². The molecule has 0 spiro atoms. The number of benzene rings is 2. The zero-order chi connectivity index (χ0) is 24.3. The van der Waals surface area contributed by atoms with E-state index in [-0.39, 0.29) is 28.4 Å². The highest BCUT2D eigenvalue weighted by molar-refractivity contribution is 6.22. The van der Waals surface area contributed by atoms with E-state index in [1.165, 1.54) is 9.70 Å². The van der Waals surface area contributed by atoms with E-state index in [0.717, 1.165) is 24.0 Å². The third kappa shape index (κ3) is 3.90. The molecule has 174 valence electrons. The second-order valence-corrected chi connectivity index (χ2v) is 10.9. The molecule has 1 N–H and O–H groups in total. The summed E-state index contributed by atoms with van der Waals surface area (Å²) in [6.07, 6.45) is 1.67. The van der Waals surface area contributed by atoms with Crippen LogP contribution in [0.3, 0.4) is 0 Å². The molecule has 1 aliphatic heterocycles. The van der Waals surface area contributed by atoms with Crippen LogP contribution in [0, 0.1) is 0 Å². The van der Waals surface area contributed by atoms with Crippen LogP contribution in [-0.2, 0) is 10.8 Å². The average molecular weight is 449 g/mol. The van der Waals surface area contributed by atoms with Gasteiger partial charge in [0.15, 0.2) is 0 Å². The van der Waals surface area contributed by atoms with Gasteiger partial charge in [0.1, 0.15) is 22.5 Å². The van der Waals surface area contributed by atoms with Crippen LogP contribution in [0.2, 0.25) is 0 Å². The molecule has 0 aliphatic carbocycles. The van der Waals surface area contributed by atoms with Gasteiger partial charge in [-0.15, -0.1) is 15.0 Å². The second kappa shape index (κ2) is 7.68. The Hall–Kier alpha value is -3.22. The lowest BCUT2D eigenvalue weighted by Gasteiger charge is -2.27. The molecule has 33 heavy (non-hydrogen) atoms. The summed E-state index contributed by atoms with van der Waals surface area (Å²) < 4.78 is 0. The summed E-state index contributed by atoms with van der Waals surface area (Å²) in [7, 11) is 0. The third-order valence-corrected chi connectivity index (χ3v) is 6.19. The van der Waals surface area contributed by atoms with E-state index >= 15 is 0 Å². The van der Waals surface area contributed by atoms with Gasteiger partial charge in [-0.2, -0.15) is 0 Å². The molecule has 1 aliphatic rings. The molecule has 2 aromatic carbocycles. The van der Waals surface area contributed by atoms with Crippen molar-refractivity contribution in [1.82, 2.24) is 19.9 Å². The summed E-state index contributed by atoms with van der Waals surface area (Å²) >= 11 is 0. The van der Waals surface area contributed by atoms with Crippen LogP contribution in [0.4, 0.5) is 0 Å². The number of amides is 2. The van der Waals surface area contributed by atoms with Crippen molar-refractivity contribution in [3.8, 4) is 11.4 Å². The molecule has 7 nitrogen and oxygen atoms in total. The van der Waals surface area contributed by atoms with Crippen molar-refractivity contribution < 1.29 is 14.7 Å². The Balaban J connectivity index is 1.85. The van der Waals surface area contributed by atoms with Crippen molar-refractivity contribution in [2.24, 2.45) is 0 Å². The standard InChI is InChI=1S/C26H32N4O3/c1-8-9-10-29-23(32)16-13-19-20(14-17(16)24(29)33)28-30(27-19)21-12-15(25(2,3)4)11-18(22(21)31)26(5,6)7/h11-14,31H,8-10H2,1-7H3. The molecule has 1 aromatic heterocycles. The van der Waals surface area contributed by atoms with Gasteiger partial charge in [-0.1, -0.05) is 61.0 Å². The number of fused-ring (bicyclic) bond motifs is 2. The quantitative estimate of drug-likeness (QED) is 0.560. The van der Waals surface area contributed by atoms with Crippen LogP contribution in [0.1, 0.15) is 93.2 Å². The van der Waals surface area contributed by atoms with Crippen molar-refractivity contribution in [2.75, 3.05) is 6.54 Å². The van der Waals surface area contributed by atoms with Gasteiger partial charge in [0.2, 0.25) is 0 Å². The summed E-state index contributed by atoms with van der Waals surface area (Å²) in [4.78, 5) is 28.3. The average Bonchev–Trinajstić information content (AvgIpc) is 3.22. The molecule has 0 fully saturated rings. The lowest BCUT2D eigenvalue weighted by atomic mass is 9.80. The lowest BCUT2D eigenvalue weighted by Crippen LogP contribution is -2.30. The lowest BCUT2D eigenvalue weighted by molar-refractivity contribution is 0.0652. The third-order valence-electron chi connectivity index (χ3n) is 6.19. The molecule has 2 amide bonds. The van der Waals surface area contributed by atoms with Crippen LogP contribution in [-0.4, -0.2) is 43.4 Å². The van der Waals surface area contributed by atoms with Crippen LogP contribution in [0.5, 0.6) is 5.75 Å². The van der Waals surface area contributed by atoms with Crippen LogP contribution < -0.4 is 0 Å². The summed E-state index contributed by atoms with van der Waals surface area (Å²) in [5, 5.41) is 20.3. The molecular formula is C26H32N4O3. The number of carbonyl (C=O) groups is 2. The Morgan fingerprint density at radius 2 is 1.39 bits per heavy atom. The maximum absolute atomic E-state index is 12.8. The molecular weight excluding hydrogens is 416 g/mol. The first kappa shape index (κ1) is 23.0. The van der Waals surface area contributed by atoms with Crippen molar-refractivity contribution in [3.63, 3.8) is 0 Å². The molecule has 7 heteroatoms. The number of imide groups is 1. The molecule has 4 rings (SSSR count). The van der Waals surface area contributed by atoms with Gasteiger partial charge in [0, 0.05) is 12.1 Å². The summed E-state index contributed by atoms with van der Waals surface area (Å²) in [5.74, 6) is -0.443. The van der Waals surface area contributed by atoms with Gasteiger partial charge in [0.05, 0.1) is 11.1 Å². The van der Waals surface area contributed by atoms with E-state index in [1.807, 2.05) is 19.1 Å². The van der Waals surface area contributed by atoms with Gasteiger partial charge in [-0.05, 0) is 41.0 Å². The number of phenolic OH excluding ortho intramolecular Hbond substituents is 1. The topological polar surface area (TPSA) is 88.3 Å². The molecule has 0 unspecified atom stereocenters. The first-order chi connectivity index (χ1) is 15.3. The number of aromatic nitrogens is 3. The van der Waals surface area contributed by atoms with Gasteiger partial charge in [0.25, 0.3) is 11.8 Å². The van der Waals surface area contributed by atoms with E-state index in [0.29, 0.717) is 34.4 Å². The first-order valence-electron chi connectivity index (χ1n) is 11.5. The van der Waals surface area contributed by atoms with Gasteiger partial charge in [-0.25, -0.2) is 0 Å². The van der Waals surface area contributed by atoms with E-state index in [2.05, 4.69) is 51.7 Å². The van der Waals surface area contributed by atoms with Crippen LogP contribution >= 0.6 is 0 Å². The number of hydrogen-bond acceptors (Lipinski definition) is 5. The summed E-state index contributed by atoms with van der Waals surface area (Å²) in [6, 6.07) is 7.21. The highest BCUT2D eigenvalue weighted by atomic mass is 16.3. The molecule has 0 atom stereocenters. The second-order valence-electron chi connectivity index (χ2n) is 10.9. The fraction of sp³-hybridized carbons (Fsp3) is 0.462. The minimum Gasteiger partial charge on any atom is -0.505 e. The minimum absolute atomic E-state index is 0.126. The number of aromatic hydroxyl groups is 1. The maximum Gasteiger partial charge on any atom is 0.261 e. The van der Waals surface area contributed by atoms with Gasteiger partial charge >= 0.3 is 0 Å². The van der Waals surface area contributed by atoms with Crippen molar-refractivity contribution >= 4 is 22.8 Å². The predicted molar refractivity (Wildman–Crippen MR) is 128 cm³/mol. The van der Waals surface area contributed by atoms with Crippen LogP contribution in [0.25, 0.3) is 16.7 Å². The smallest absolute Gasteiger partial charge is 0.261 e. The SMILES string of the molecule is CCCCN1C(=O)c2cc3nn(-c4cc(C(C)(C)C)cc(C(C)(C)C)c4O)nc3cc2C1=O. The Kier molecular flexibility index (Phi) is 5.34. The molecule has 2 heterocycles. The highest BCUT2D eigenvalue weighted by Gasteiger charge is 2.36. The Labute approximate surface area is 194 Å². The highest BCUT2D eigenvalue weighted by Crippen LogP contribution is 2.39. The summed E-state index contributed by atoms with van der Waals surface area (Å²) in [5.41, 5.74) is 3.65. The fourth-order valence-corrected chi connectivity index (χ4v) is 4.10. The number of hydrogen-bond donors (Lipinski definition) is 1. The number of carbonyl (C=O) groups excluding carboxylic acids is 2. The van der Waals surface area contributed by atoms with Crippen molar-refractivity contribution in [1.29, 1.82) is 0 Å². The normalized spacial score (nSPS) is 14.5. The largest absolute Gasteiger partial charge is 0.505 e. The van der Waals surface area contributed by atoms with Crippen molar-refractivity contribution in [3.05, 3.63) is 46.5 Å². The zero-order valence-corrected chi connectivity index (χ0v) is 20.5. The molecule has 3 aromatic rings. The molecule has 0 radical (unpaired) electrons. The molecule has 0 bridgehead atoms. The number of nitrogens with zero attached hydrogens (tertiary/aromatic N) is 4. The fourth-order valence-electron chi connectivity index (χ4n) is 4.10. The van der Waals surface area contributed by atoms with E-state index in [4.69, 9.17) is 0 Å². The Bertz CT molecular complexity index is 1220. The van der Waals surface area contributed by atoms with Crippen LogP contribution in [0.15, 0.2) is 24.3 Å². The first-order valence-corrected chi connectivity index (χ1v) is 11.5. The molecule has 0 saturated heterocycles. The van der Waals surface area contributed by atoms with E-state index in [9.17, 15) is 14.7 Å². The number of unbranched alkanes of at least 4 members (excludes halogenated alkanes) is 1. The maximum atomic E-state index is 12.8. The van der Waals surface area contributed by atoms with E-state index < -0.39 is 0 Å². The van der Waals surface area contributed by atoms with Crippen molar-refractivity contribution in [2.45, 2.75) is 72.1 Å². The predicted octanol–water partition coefficient (Wildman–Crippen LogP) is 5.12. The summed E-state index contributed by atoms with van der Waals surface area (Å²) in [6.45, 7) is 15.0. The van der Waals surface area contributed by atoms with E-state index in [1.54, 1.807) is 12.1 Å². The molecule has 0 saturated carbocycles. The number of rotatable bonds is 4. The number of phenols is 1.